The fourth-order valence-electron chi connectivity index (χ4n) is 6.12. The average Bonchev–Trinajstić information content (AvgIpc) is 2.48. The smallest absolute Gasteiger partial charge is 0.306 e. The minimum Gasteiger partial charge on any atom is -0.459 e. The first-order valence-corrected chi connectivity index (χ1v) is 8.98. The van der Waals surface area contributed by atoms with E-state index in [1.807, 2.05) is 0 Å². The number of hydrogen-bond donors (Lipinski definition) is 1. The van der Waals surface area contributed by atoms with Crippen LogP contribution < -0.4 is 0 Å². The van der Waals surface area contributed by atoms with Gasteiger partial charge in [0.2, 0.25) is 0 Å². The summed E-state index contributed by atoms with van der Waals surface area (Å²) < 4.78 is 5.76. The molecule has 2 saturated carbocycles. The lowest BCUT2D eigenvalue weighted by atomic mass is 9.47. The lowest BCUT2D eigenvalue weighted by molar-refractivity contribution is -0.197. The molecular weight excluding hydrogens is 292 g/mol. The number of carbonyl (C=O) groups excluding carboxylic acids is 2. The largest absolute Gasteiger partial charge is 0.459 e. The van der Waals surface area contributed by atoms with E-state index in [1.165, 1.54) is 0 Å². The number of ether oxygens (including phenoxy) is 1. The molecule has 0 bridgehead atoms. The summed E-state index contributed by atoms with van der Waals surface area (Å²) in [5, 5.41) is 10.7. The van der Waals surface area contributed by atoms with E-state index in [0.717, 1.165) is 31.3 Å². The highest BCUT2D eigenvalue weighted by Crippen LogP contribution is 2.61. The Bertz CT molecular complexity index is 594. The van der Waals surface area contributed by atoms with Gasteiger partial charge in [0.1, 0.15) is 5.60 Å². The number of esters is 1. The highest BCUT2D eigenvalue weighted by atomic mass is 16.6. The number of rotatable bonds is 0. The van der Waals surface area contributed by atoms with E-state index < -0.39 is 6.10 Å². The minimum absolute atomic E-state index is 0.0704. The van der Waals surface area contributed by atoms with E-state index in [0.29, 0.717) is 37.0 Å². The van der Waals surface area contributed by atoms with E-state index in [4.69, 9.17) is 4.74 Å². The van der Waals surface area contributed by atoms with Gasteiger partial charge in [-0.25, -0.2) is 0 Å². The third kappa shape index (κ3) is 2.14. The molecule has 1 N–H and O–H groups in total. The van der Waals surface area contributed by atoms with Crippen LogP contribution in [0.4, 0.5) is 0 Å². The maximum Gasteiger partial charge on any atom is 0.306 e. The van der Waals surface area contributed by atoms with Gasteiger partial charge in [-0.2, -0.15) is 0 Å². The highest BCUT2D eigenvalue weighted by Gasteiger charge is 2.59. The molecule has 0 aromatic carbocycles. The Labute approximate surface area is 137 Å². The first kappa shape index (κ1) is 15.4. The summed E-state index contributed by atoms with van der Waals surface area (Å²) in [5.41, 5.74) is 0.531. The molecule has 4 nitrogen and oxygen atoms in total. The number of hydrogen-bond acceptors (Lipinski definition) is 4. The van der Waals surface area contributed by atoms with Crippen LogP contribution in [0.2, 0.25) is 0 Å². The third-order valence-electron chi connectivity index (χ3n) is 7.32. The fourth-order valence-corrected chi connectivity index (χ4v) is 6.12. The Morgan fingerprint density at radius 3 is 2.70 bits per heavy atom. The van der Waals surface area contributed by atoms with E-state index >= 15 is 0 Å². The topological polar surface area (TPSA) is 63.6 Å². The molecule has 3 fully saturated rings. The van der Waals surface area contributed by atoms with E-state index in [2.05, 4.69) is 13.8 Å². The number of allylic oxidation sites excluding steroid dienone is 1. The molecule has 1 aliphatic heterocycles. The molecule has 3 aliphatic carbocycles. The van der Waals surface area contributed by atoms with Crippen LogP contribution in [0.5, 0.6) is 0 Å². The molecule has 0 aromatic heterocycles. The van der Waals surface area contributed by atoms with Crippen molar-refractivity contribution in [1.29, 1.82) is 0 Å². The average molecular weight is 318 g/mol. The van der Waals surface area contributed by atoms with Crippen molar-refractivity contribution in [1.82, 2.24) is 0 Å². The molecule has 0 amide bonds. The molecule has 6 atom stereocenters. The molecule has 1 saturated heterocycles. The molecule has 0 aromatic rings. The van der Waals surface area contributed by atoms with Gasteiger partial charge in [0.25, 0.3) is 0 Å². The van der Waals surface area contributed by atoms with Crippen molar-refractivity contribution in [2.45, 2.75) is 70.5 Å². The van der Waals surface area contributed by atoms with Crippen LogP contribution in [0.15, 0.2) is 11.6 Å². The molecule has 4 rings (SSSR count). The standard InChI is InChI=1S/C19H26O4/c1-18-7-5-11(20)9-15(18)16(21)10-12-13(18)6-8-19(2)14(12)3-4-17(22)23-19/h9,12-14,16,21H,3-8,10H2,1-2H3/t12-,13+,14-,16-,18-,19-/m1/s1. The zero-order chi connectivity index (χ0) is 16.4. The van der Waals surface area contributed by atoms with Crippen LogP contribution in [-0.4, -0.2) is 28.6 Å². The predicted octanol–water partition coefficient (Wildman–Crippen LogP) is 2.78. The highest BCUT2D eigenvalue weighted by molar-refractivity contribution is 5.91. The summed E-state index contributed by atoms with van der Waals surface area (Å²) >= 11 is 0. The van der Waals surface area contributed by atoms with E-state index in [1.54, 1.807) is 6.08 Å². The molecule has 4 aliphatic rings. The number of aliphatic hydroxyl groups is 1. The Hall–Kier alpha value is -1.16. The summed E-state index contributed by atoms with van der Waals surface area (Å²) in [6.07, 6.45) is 6.62. The quantitative estimate of drug-likeness (QED) is 0.698. The van der Waals surface area contributed by atoms with Crippen LogP contribution >= 0.6 is 0 Å². The van der Waals surface area contributed by atoms with Crippen molar-refractivity contribution >= 4 is 11.8 Å². The van der Waals surface area contributed by atoms with Crippen LogP contribution in [0.1, 0.15) is 58.8 Å². The summed E-state index contributed by atoms with van der Waals surface area (Å²) in [7, 11) is 0. The third-order valence-corrected chi connectivity index (χ3v) is 7.32. The first-order valence-electron chi connectivity index (χ1n) is 8.98. The zero-order valence-electron chi connectivity index (χ0n) is 14.0. The Morgan fingerprint density at radius 1 is 1.13 bits per heavy atom. The summed E-state index contributed by atoms with van der Waals surface area (Å²) in [5.74, 6) is 1.28. The Balaban J connectivity index is 1.71. The second kappa shape index (κ2) is 4.92. The lowest BCUT2D eigenvalue weighted by Gasteiger charge is -2.60. The summed E-state index contributed by atoms with van der Waals surface area (Å²) in [6, 6.07) is 0. The normalized spacial score (nSPS) is 49.4. The maximum atomic E-state index is 11.8. The molecule has 0 unspecified atom stereocenters. The van der Waals surface area contributed by atoms with Crippen molar-refractivity contribution in [3.05, 3.63) is 11.6 Å². The molecule has 23 heavy (non-hydrogen) atoms. The second-order valence-electron chi connectivity index (χ2n) is 8.48. The van der Waals surface area contributed by atoms with Gasteiger partial charge in [-0.15, -0.1) is 0 Å². The van der Waals surface area contributed by atoms with Crippen molar-refractivity contribution < 1.29 is 19.4 Å². The maximum absolute atomic E-state index is 11.8. The molecule has 126 valence electrons. The fraction of sp³-hybridized carbons (Fsp3) is 0.789. The zero-order valence-corrected chi connectivity index (χ0v) is 14.0. The van der Waals surface area contributed by atoms with Gasteiger partial charge in [0, 0.05) is 18.8 Å². The predicted molar refractivity (Wildman–Crippen MR) is 84.5 cm³/mol. The molecule has 4 heteroatoms. The molecule has 0 radical (unpaired) electrons. The van der Waals surface area contributed by atoms with Crippen molar-refractivity contribution in [3.8, 4) is 0 Å². The number of carbonyl (C=O) groups is 2. The van der Waals surface area contributed by atoms with Crippen LogP contribution in [0, 0.1) is 23.2 Å². The van der Waals surface area contributed by atoms with E-state index in [9.17, 15) is 14.7 Å². The van der Waals surface area contributed by atoms with Gasteiger partial charge in [0.15, 0.2) is 5.78 Å². The first-order chi connectivity index (χ1) is 10.8. The number of fused-ring (bicyclic) bond motifs is 5. The van der Waals surface area contributed by atoms with Crippen LogP contribution in [0.25, 0.3) is 0 Å². The number of ketones is 1. The monoisotopic (exact) mass is 318 g/mol. The van der Waals surface area contributed by atoms with Gasteiger partial charge in [0.05, 0.1) is 6.10 Å². The minimum atomic E-state index is -0.523. The van der Waals surface area contributed by atoms with E-state index in [-0.39, 0.29) is 22.8 Å². The van der Waals surface area contributed by atoms with Crippen LogP contribution in [0.3, 0.4) is 0 Å². The molecule has 0 spiro atoms. The molecular formula is C19H26O4. The Kier molecular flexibility index (Phi) is 3.29. The van der Waals surface area contributed by atoms with Crippen molar-refractivity contribution in [2.24, 2.45) is 23.2 Å². The van der Waals surface area contributed by atoms with Crippen LogP contribution in [-0.2, 0) is 14.3 Å². The van der Waals surface area contributed by atoms with Gasteiger partial charge in [-0.05, 0) is 67.9 Å². The van der Waals surface area contributed by atoms with Gasteiger partial charge in [-0.3, -0.25) is 9.59 Å². The number of aliphatic hydroxyl groups excluding tert-OH is 1. The second-order valence-corrected chi connectivity index (χ2v) is 8.48. The van der Waals surface area contributed by atoms with Crippen molar-refractivity contribution in [2.75, 3.05) is 0 Å². The summed E-state index contributed by atoms with van der Waals surface area (Å²) in [6.45, 7) is 4.32. The lowest BCUT2D eigenvalue weighted by Crippen LogP contribution is -2.58. The van der Waals surface area contributed by atoms with Gasteiger partial charge >= 0.3 is 5.97 Å². The molecule has 1 heterocycles. The van der Waals surface area contributed by atoms with Gasteiger partial charge in [-0.1, -0.05) is 6.92 Å². The van der Waals surface area contributed by atoms with Gasteiger partial charge < -0.3 is 9.84 Å². The van der Waals surface area contributed by atoms with Crippen molar-refractivity contribution in [3.63, 3.8) is 0 Å². The Morgan fingerprint density at radius 2 is 1.91 bits per heavy atom. The summed E-state index contributed by atoms with van der Waals surface area (Å²) in [4.78, 5) is 23.6. The SMILES string of the molecule is C[C@@]12CC[C@H]3[C@@H](C[C@@H](O)C4=CC(=O)CC[C@@]43C)[C@H]1CCC(=O)O2.